The summed E-state index contributed by atoms with van der Waals surface area (Å²) >= 11 is 1.03. The SMILES string of the molecule is COc1cc(C2CC(=O)Nc3c2sc(C(=O)O)c3-c2cccc(F)c2)cc(OC)c1O. The van der Waals surface area contributed by atoms with Crippen molar-refractivity contribution in [2.45, 2.75) is 12.3 Å². The fourth-order valence-corrected chi connectivity index (χ4v) is 4.99. The molecule has 3 aromatic rings. The Balaban J connectivity index is 1.95. The molecule has 7 nitrogen and oxygen atoms in total. The van der Waals surface area contributed by atoms with Crippen LogP contribution in [0.1, 0.15) is 32.5 Å². The number of carbonyl (C=O) groups excluding carboxylic acids is 1. The molecule has 2 heterocycles. The summed E-state index contributed by atoms with van der Waals surface area (Å²) in [6, 6.07) is 8.76. The fraction of sp³-hybridized carbons (Fsp3) is 0.182. The average Bonchev–Trinajstić information content (AvgIpc) is 3.13. The van der Waals surface area contributed by atoms with Gasteiger partial charge in [0.15, 0.2) is 11.5 Å². The largest absolute Gasteiger partial charge is 0.502 e. The quantitative estimate of drug-likeness (QED) is 0.538. The van der Waals surface area contributed by atoms with Crippen molar-refractivity contribution >= 4 is 28.9 Å². The van der Waals surface area contributed by atoms with Gasteiger partial charge in [0.25, 0.3) is 0 Å². The number of anilines is 1. The highest BCUT2D eigenvalue weighted by atomic mass is 32.1. The van der Waals surface area contributed by atoms with Crippen LogP contribution in [0.3, 0.4) is 0 Å². The number of phenols is 1. The number of halogens is 1. The molecular formula is C22H18FNO6S. The summed E-state index contributed by atoms with van der Waals surface area (Å²) in [6.45, 7) is 0. The van der Waals surface area contributed by atoms with Gasteiger partial charge in [-0.05, 0) is 35.4 Å². The Bertz CT molecular complexity index is 1180. The summed E-state index contributed by atoms with van der Waals surface area (Å²) in [5.74, 6) is -2.34. The molecule has 1 aromatic heterocycles. The number of carbonyl (C=O) groups is 2. The lowest BCUT2D eigenvalue weighted by Gasteiger charge is -2.25. The Kier molecular flexibility index (Phi) is 5.28. The lowest BCUT2D eigenvalue weighted by Crippen LogP contribution is -2.22. The highest BCUT2D eigenvalue weighted by Crippen LogP contribution is 2.51. The molecule has 0 saturated carbocycles. The molecule has 0 spiro atoms. The van der Waals surface area contributed by atoms with Crippen LogP contribution in [0.15, 0.2) is 36.4 Å². The normalized spacial score (nSPS) is 15.2. The number of phenolic OH excluding ortho intramolecular Hbond substituents is 1. The van der Waals surface area contributed by atoms with Crippen LogP contribution in [0, 0.1) is 5.82 Å². The molecule has 1 atom stereocenters. The van der Waals surface area contributed by atoms with Gasteiger partial charge < -0.3 is 25.0 Å². The number of hydrogen-bond acceptors (Lipinski definition) is 6. The van der Waals surface area contributed by atoms with E-state index in [-0.39, 0.29) is 40.0 Å². The van der Waals surface area contributed by atoms with Gasteiger partial charge in [-0.15, -0.1) is 11.3 Å². The van der Waals surface area contributed by atoms with Crippen LogP contribution >= 0.6 is 11.3 Å². The zero-order valence-electron chi connectivity index (χ0n) is 16.6. The lowest BCUT2D eigenvalue weighted by atomic mass is 9.88. The molecule has 0 radical (unpaired) electrons. The maximum absolute atomic E-state index is 13.9. The summed E-state index contributed by atoms with van der Waals surface area (Å²) < 4.78 is 24.3. The minimum Gasteiger partial charge on any atom is -0.502 e. The van der Waals surface area contributed by atoms with Gasteiger partial charge in [-0.2, -0.15) is 0 Å². The van der Waals surface area contributed by atoms with Gasteiger partial charge >= 0.3 is 5.97 Å². The zero-order chi connectivity index (χ0) is 22.3. The Labute approximate surface area is 180 Å². The summed E-state index contributed by atoms with van der Waals surface area (Å²) in [6.07, 6.45) is 0.0618. The second kappa shape index (κ2) is 7.92. The number of aromatic hydroxyl groups is 1. The summed E-state index contributed by atoms with van der Waals surface area (Å²) in [5, 5.41) is 22.8. The van der Waals surface area contributed by atoms with Gasteiger partial charge in [-0.3, -0.25) is 4.79 Å². The number of nitrogens with one attached hydrogen (secondary N) is 1. The molecule has 160 valence electrons. The van der Waals surface area contributed by atoms with Crippen molar-refractivity contribution in [3.05, 3.63) is 57.5 Å². The highest BCUT2D eigenvalue weighted by Gasteiger charge is 2.35. The smallest absolute Gasteiger partial charge is 0.346 e. The number of aromatic carboxylic acids is 1. The average molecular weight is 443 g/mol. The van der Waals surface area contributed by atoms with Gasteiger partial charge in [-0.25, -0.2) is 9.18 Å². The van der Waals surface area contributed by atoms with Crippen LogP contribution in [-0.4, -0.2) is 36.3 Å². The van der Waals surface area contributed by atoms with Crippen LogP contribution in [0.5, 0.6) is 17.2 Å². The Morgan fingerprint density at radius 1 is 1.19 bits per heavy atom. The number of carboxylic acids is 1. The second-order valence-corrected chi connectivity index (χ2v) is 7.99. The van der Waals surface area contributed by atoms with Gasteiger partial charge in [0.1, 0.15) is 10.7 Å². The highest BCUT2D eigenvalue weighted by molar-refractivity contribution is 7.15. The standard InChI is InChI=1S/C22H18FNO6S/c1-29-14-7-11(8-15(30-2)19(14)26)13-9-16(25)24-18-17(10-4-3-5-12(23)6-10)21(22(27)28)31-20(13)18/h3-8,13,26H,9H2,1-2H3,(H,24,25)(H,27,28). The van der Waals surface area contributed by atoms with Crippen LogP contribution in [-0.2, 0) is 4.79 Å². The first kappa shape index (κ1) is 20.7. The number of hydrogen-bond donors (Lipinski definition) is 3. The molecule has 0 fully saturated rings. The van der Waals surface area contributed by atoms with Crippen LogP contribution in [0.2, 0.25) is 0 Å². The van der Waals surface area contributed by atoms with E-state index in [0.717, 1.165) is 11.3 Å². The van der Waals surface area contributed by atoms with E-state index < -0.39 is 17.7 Å². The molecule has 3 N–H and O–H groups in total. The molecule has 1 unspecified atom stereocenters. The Morgan fingerprint density at radius 2 is 1.87 bits per heavy atom. The van der Waals surface area contributed by atoms with Crippen molar-refractivity contribution in [2.24, 2.45) is 0 Å². The van der Waals surface area contributed by atoms with Crippen LogP contribution in [0.25, 0.3) is 11.1 Å². The number of amides is 1. The van der Waals surface area contributed by atoms with E-state index in [4.69, 9.17) is 9.47 Å². The molecule has 0 aliphatic carbocycles. The van der Waals surface area contributed by atoms with E-state index in [1.807, 2.05) is 0 Å². The van der Waals surface area contributed by atoms with Crippen molar-refractivity contribution < 1.29 is 33.7 Å². The molecule has 1 aliphatic heterocycles. The Hall–Kier alpha value is -3.59. The van der Waals surface area contributed by atoms with Crippen LogP contribution in [0.4, 0.5) is 10.1 Å². The van der Waals surface area contributed by atoms with E-state index in [1.54, 1.807) is 18.2 Å². The lowest BCUT2D eigenvalue weighted by molar-refractivity contribution is -0.116. The summed E-state index contributed by atoms with van der Waals surface area (Å²) in [5.41, 5.74) is 1.59. The maximum atomic E-state index is 13.9. The second-order valence-electron chi connectivity index (χ2n) is 6.94. The van der Waals surface area contributed by atoms with Gasteiger partial charge in [0.2, 0.25) is 11.7 Å². The molecule has 1 aliphatic rings. The van der Waals surface area contributed by atoms with Crippen molar-refractivity contribution in [1.82, 2.24) is 0 Å². The molecule has 4 rings (SSSR count). The molecular weight excluding hydrogens is 425 g/mol. The third-order valence-corrected chi connectivity index (χ3v) is 6.41. The molecule has 1 amide bonds. The first-order chi connectivity index (χ1) is 14.8. The predicted octanol–water partition coefficient (Wildman–Crippen LogP) is 4.45. The van der Waals surface area contributed by atoms with Gasteiger partial charge in [0, 0.05) is 22.8 Å². The number of ether oxygens (including phenoxy) is 2. The van der Waals surface area contributed by atoms with Crippen molar-refractivity contribution in [1.29, 1.82) is 0 Å². The molecule has 31 heavy (non-hydrogen) atoms. The van der Waals surface area contributed by atoms with Crippen molar-refractivity contribution in [2.75, 3.05) is 19.5 Å². The summed E-state index contributed by atoms with van der Waals surface area (Å²) in [4.78, 5) is 25.2. The predicted molar refractivity (Wildman–Crippen MR) is 113 cm³/mol. The van der Waals surface area contributed by atoms with Crippen molar-refractivity contribution in [3.8, 4) is 28.4 Å². The number of carboxylic acid groups (broad SMARTS) is 1. The number of benzene rings is 2. The van der Waals surface area contributed by atoms with E-state index >= 15 is 0 Å². The van der Waals surface area contributed by atoms with E-state index in [0.29, 0.717) is 21.7 Å². The molecule has 0 saturated heterocycles. The minimum atomic E-state index is -1.17. The number of methoxy groups -OCH3 is 2. The number of thiophene rings is 1. The Morgan fingerprint density at radius 3 is 2.45 bits per heavy atom. The molecule has 2 aromatic carbocycles. The minimum absolute atomic E-state index is 0.000471. The fourth-order valence-electron chi connectivity index (χ4n) is 3.74. The van der Waals surface area contributed by atoms with Gasteiger partial charge in [0.05, 0.1) is 19.9 Å². The molecule has 0 bridgehead atoms. The monoisotopic (exact) mass is 443 g/mol. The van der Waals surface area contributed by atoms with E-state index in [9.17, 15) is 24.2 Å². The first-order valence-electron chi connectivity index (χ1n) is 9.24. The first-order valence-corrected chi connectivity index (χ1v) is 10.1. The third kappa shape index (κ3) is 3.57. The van der Waals surface area contributed by atoms with Gasteiger partial charge in [-0.1, -0.05) is 12.1 Å². The number of fused-ring (bicyclic) bond motifs is 1. The maximum Gasteiger partial charge on any atom is 0.346 e. The van der Waals surface area contributed by atoms with E-state index in [1.165, 1.54) is 32.4 Å². The van der Waals surface area contributed by atoms with E-state index in [2.05, 4.69) is 5.32 Å². The third-order valence-electron chi connectivity index (χ3n) is 5.12. The van der Waals surface area contributed by atoms with Crippen LogP contribution < -0.4 is 14.8 Å². The summed E-state index contributed by atoms with van der Waals surface area (Å²) in [7, 11) is 2.79. The topological polar surface area (TPSA) is 105 Å². The molecule has 9 heteroatoms. The number of rotatable bonds is 5. The van der Waals surface area contributed by atoms with Crippen molar-refractivity contribution in [3.63, 3.8) is 0 Å². The zero-order valence-corrected chi connectivity index (χ0v) is 17.4.